The first kappa shape index (κ1) is 17.9. The van der Waals surface area contributed by atoms with E-state index >= 15 is 0 Å². The highest BCUT2D eigenvalue weighted by Crippen LogP contribution is 2.27. The van der Waals surface area contributed by atoms with Gasteiger partial charge in [0.2, 0.25) is 0 Å². The minimum absolute atomic E-state index is 0.347. The molecule has 1 amide bonds. The van der Waals surface area contributed by atoms with E-state index in [0.29, 0.717) is 35.7 Å². The van der Waals surface area contributed by atoms with Crippen molar-refractivity contribution in [3.8, 4) is 0 Å². The van der Waals surface area contributed by atoms with Crippen LogP contribution in [0.5, 0.6) is 0 Å². The number of carbonyl (C=O) groups excluding carboxylic acids is 1. The van der Waals surface area contributed by atoms with Gasteiger partial charge >= 0.3 is 0 Å². The number of anilines is 1. The SMILES string of the molecule is COC1=C2C(=O)N=C(CCc3cccc(N4CCCC4)n3)N=C2C=CC1Cl. The number of rotatable bonds is 5. The molecule has 1 unspecified atom stereocenters. The van der Waals surface area contributed by atoms with Gasteiger partial charge in [-0.1, -0.05) is 12.1 Å². The summed E-state index contributed by atoms with van der Waals surface area (Å²) in [5, 5.41) is -0.470. The van der Waals surface area contributed by atoms with Crippen molar-refractivity contribution in [2.75, 3.05) is 25.1 Å². The molecule has 0 spiro atoms. The largest absolute Gasteiger partial charge is 0.498 e. The molecular weight excluding hydrogens is 364 g/mol. The molecule has 0 N–H and O–H groups in total. The van der Waals surface area contributed by atoms with E-state index in [-0.39, 0.29) is 5.91 Å². The lowest BCUT2D eigenvalue weighted by atomic mass is 9.99. The fraction of sp³-hybridized carbons (Fsp3) is 0.400. The summed E-state index contributed by atoms with van der Waals surface area (Å²) in [4.78, 5) is 28.2. The fourth-order valence-electron chi connectivity index (χ4n) is 3.55. The van der Waals surface area contributed by atoms with E-state index in [2.05, 4.69) is 21.0 Å². The number of hydrogen-bond donors (Lipinski definition) is 0. The summed E-state index contributed by atoms with van der Waals surface area (Å²) in [6.07, 6.45) is 7.20. The molecule has 27 heavy (non-hydrogen) atoms. The van der Waals surface area contributed by atoms with Crippen LogP contribution in [0.3, 0.4) is 0 Å². The van der Waals surface area contributed by atoms with Crippen LogP contribution in [-0.2, 0) is 16.0 Å². The van der Waals surface area contributed by atoms with Gasteiger partial charge in [-0.3, -0.25) is 4.79 Å². The number of alkyl halides is 1. The lowest BCUT2D eigenvalue weighted by Gasteiger charge is -2.21. The number of hydrogen-bond acceptors (Lipinski definition) is 5. The van der Waals surface area contributed by atoms with E-state index in [0.717, 1.165) is 24.6 Å². The molecule has 2 aliphatic heterocycles. The molecule has 1 saturated heterocycles. The predicted octanol–water partition coefficient (Wildman–Crippen LogP) is 3.07. The third-order valence-electron chi connectivity index (χ3n) is 4.92. The maximum Gasteiger partial charge on any atom is 0.284 e. The minimum atomic E-state index is -0.470. The summed E-state index contributed by atoms with van der Waals surface area (Å²) < 4.78 is 5.28. The average Bonchev–Trinajstić information content (AvgIpc) is 3.22. The quantitative estimate of drug-likeness (QED) is 0.732. The Morgan fingerprint density at radius 1 is 1.22 bits per heavy atom. The average molecular weight is 385 g/mol. The van der Waals surface area contributed by atoms with Crippen LogP contribution in [-0.4, -0.2) is 48.0 Å². The van der Waals surface area contributed by atoms with Crippen LogP contribution in [0.15, 0.2) is 51.7 Å². The number of ether oxygens (including phenoxy) is 1. The van der Waals surface area contributed by atoms with E-state index in [9.17, 15) is 4.79 Å². The lowest BCUT2D eigenvalue weighted by molar-refractivity contribution is -0.114. The Kier molecular flexibility index (Phi) is 5.07. The zero-order chi connectivity index (χ0) is 18.8. The molecule has 1 aromatic heterocycles. The molecule has 7 heteroatoms. The van der Waals surface area contributed by atoms with Crippen LogP contribution in [0.2, 0.25) is 0 Å². The molecule has 0 aromatic carbocycles. The van der Waals surface area contributed by atoms with Crippen LogP contribution in [0.1, 0.15) is 25.0 Å². The van der Waals surface area contributed by atoms with Gasteiger partial charge in [0.1, 0.15) is 28.4 Å². The Morgan fingerprint density at radius 3 is 2.81 bits per heavy atom. The maximum atomic E-state index is 12.5. The Morgan fingerprint density at radius 2 is 2.04 bits per heavy atom. The van der Waals surface area contributed by atoms with Crippen molar-refractivity contribution in [1.29, 1.82) is 0 Å². The second kappa shape index (κ2) is 7.64. The van der Waals surface area contributed by atoms with Crippen molar-refractivity contribution >= 4 is 34.9 Å². The molecule has 140 valence electrons. The highest BCUT2D eigenvalue weighted by molar-refractivity contribution is 6.35. The Balaban J connectivity index is 1.48. The second-order valence-electron chi connectivity index (χ2n) is 6.72. The first-order chi connectivity index (χ1) is 13.2. The van der Waals surface area contributed by atoms with Gasteiger partial charge in [0.25, 0.3) is 5.91 Å². The number of fused-ring (bicyclic) bond motifs is 1. The molecular formula is C20H21ClN4O2. The van der Waals surface area contributed by atoms with Crippen molar-refractivity contribution in [3.63, 3.8) is 0 Å². The van der Waals surface area contributed by atoms with Crippen LogP contribution < -0.4 is 4.90 Å². The summed E-state index contributed by atoms with van der Waals surface area (Å²) in [6, 6.07) is 6.09. The van der Waals surface area contributed by atoms with Crippen LogP contribution >= 0.6 is 11.6 Å². The fourth-order valence-corrected chi connectivity index (χ4v) is 3.82. The van der Waals surface area contributed by atoms with E-state index in [1.54, 1.807) is 12.2 Å². The normalized spacial score (nSPS) is 21.9. The van der Waals surface area contributed by atoms with Crippen molar-refractivity contribution in [2.45, 2.75) is 31.1 Å². The third-order valence-corrected chi connectivity index (χ3v) is 5.26. The number of amides is 1. The number of aromatic nitrogens is 1. The number of nitrogens with zero attached hydrogens (tertiary/aromatic N) is 4. The molecule has 3 aliphatic rings. The lowest BCUT2D eigenvalue weighted by Crippen LogP contribution is -2.26. The van der Waals surface area contributed by atoms with Gasteiger partial charge in [0, 0.05) is 25.2 Å². The molecule has 4 rings (SSSR count). The van der Waals surface area contributed by atoms with Gasteiger partial charge in [0.15, 0.2) is 0 Å². The van der Waals surface area contributed by atoms with Gasteiger partial charge in [0.05, 0.1) is 12.8 Å². The molecule has 1 aliphatic carbocycles. The van der Waals surface area contributed by atoms with Gasteiger partial charge in [-0.05, 0) is 37.5 Å². The van der Waals surface area contributed by atoms with Crippen molar-refractivity contribution < 1.29 is 9.53 Å². The zero-order valence-corrected chi connectivity index (χ0v) is 15.9. The van der Waals surface area contributed by atoms with Crippen molar-refractivity contribution in [3.05, 3.63) is 47.4 Å². The second-order valence-corrected chi connectivity index (χ2v) is 7.19. The van der Waals surface area contributed by atoms with Gasteiger partial charge < -0.3 is 9.64 Å². The summed E-state index contributed by atoms with van der Waals surface area (Å²) in [7, 11) is 1.50. The number of carbonyl (C=O) groups is 1. The van der Waals surface area contributed by atoms with E-state index in [1.807, 2.05) is 12.1 Å². The smallest absolute Gasteiger partial charge is 0.284 e. The number of allylic oxidation sites excluding steroid dienone is 2. The van der Waals surface area contributed by atoms with Gasteiger partial charge in [-0.15, -0.1) is 11.6 Å². The highest BCUT2D eigenvalue weighted by Gasteiger charge is 2.30. The summed E-state index contributed by atoms with van der Waals surface area (Å²) >= 11 is 6.18. The Bertz CT molecular complexity index is 882. The Labute approximate surface area is 163 Å². The molecule has 0 saturated carbocycles. The van der Waals surface area contributed by atoms with Crippen molar-refractivity contribution in [2.24, 2.45) is 9.98 Å². The summed E-state index contributed by atoms with van der Waals surface area (Å²) in [6.45, 7) is 2.13. The number of aryl methyl sites for hydroxylation is 1. The van der Waals surface area contributed by atoms with Crippen LogP contribution in [0.4, 0.5) is 5.82 Å². The number of aliphatic imine (C=N–C) groups is 2. The first-order valence-corrected chi connectivity index (χ1v) is 9.61. The molecule has 6 nitrogen and oxygen atoms in total. The first-order valence-electron chi connectivity index (χ1n) is 9.18. The van der Waals surface area contributed by atoms with E-state index in [4.69, 9.17) is 21.3 Å². The topological polar surface area (TPSA) is 67.2 Å². The number of pyridine rings is 1. The zero-order valence-electron chi connectivity index (χ0n) is 15.2. The van der Waals surface area contributed by atoms with Gasteiger partial charge in [-0.25, -0.2) is 9.98 Å². The number of methoxy groups -OCH3 is 1. The number of halogens is 1. The molecule has 0 radical (unpaired) electrons. The standard InChI is InChI=1S/C20H21ClN4O2/c1-27-19-14(21)8-9-15-18(19)20(26)24-16(23-15)10-7-13-5-4-6-17(22-13)25-11-2-3-12-25/h4-6,8-9,14H,2-3,7,10-12H2,1H3. The third kappa shape index (κ3) is 3.67. The minimum Gasteiger partial charge on any atom is -0.498 e. The summed E-state index contributed by atoms with van der Waals surface area (Å²) in [5.41, 5.74) is 1.91. The maximum absolute atomic E-state index is 12.5. The van der Waals surface area contributed by atoms with E-state index in [1.165, 1.54) is 20.0 Å². The van der Waals surface area contributed by atoms with Crippen LogP contribution in [0.25, 0.3) is 0 Å². The Hall–Kier alpha value is -2.47. The van der Waals surface area contributed by atoms with Crippen molar-refractivity contribution in [1.82, 2.24) is 4.98 Å². The molecule has 3 heterocycles. The van der Waals surface area contributed by atoms with Crippen LogP contribution in [0, 0.1) is 0 Å². The number of amidine groups is 1. The molecule has 1 aromatic rings. The van der Waals surface area contributed by atoms with E-state index < -0.39 is 5.38 Å². The van der Waals surface area contributed by atoms with Gasteiger partial charge in [-0.2, -0.15) is 4.99 Å². The highest BCUT2D eigenvalue weighted by atomic mass is 35.5. The molecule has 1 fully saturated rings. The monoisotopic (exact) mass is 384 g/mol. The molecule has 1 atom stereocenters. The molecule has 0 bridgehead atoms. The predicted molar refractivity (Wildman–Crippen MR) is 107 cm³/mol. The summed E-state index contributed by atoms with van der Waals surface area (Å²) in [5.74, 6) is 1.60.